The Hall–Kier alpha value is -2.04. The van der Waals surface area contributed by atoms with E-state index in [0.717, 1.165) is 22.6 Å². The summed E-state index contributed by atoms with van der Waals surface area (Å²) in [6, 6.07) is 6.87. The van der Waals surface area contributed by atoms with Crippen LogP contribution in [0.2, 0.25) is 0 Å². The van der Waals surface area contributed by atoms with Gasteiger partial charge in [0.2, 0.25) is 0 Å². The van der Waals surface area contributed by atoms with Crippen LogP contribution in [-0.2, 0) is 10.3 Å². The summed E-state index contributed by atoms with van der Waals surface area (Å²) in [5, 5.41) is 2.71. The van der Waals surface area contributed by atoms with Gasteiger partial charge in [0, 0.05) is 7.05 Å². The van der Waals surface area contributed by atoms with Gasteiger partial charge in [0.05, 0.1) is 6.61 Å². The van der Waals surface area contributed by atoms with Crippen molar-refractivity contribution in [2.45, 2.75) is 25.8 Å². The Kier molecular flexibility index (Phi) is 3.46. The lowest BCUT2D eigenvalue weighted by atomic mass is 9.92. The van der Waals surface area contributed by atoms with Crippen LogP contribution in [0, 0.1) is 0 Å². The van der Waals surface area contributed by atoms with Gasteiger partial charge < -0.3 is 10.1 Å². The molecule has 1 N–H and O–H groups in total. The first-order valence-corrected chi connectivity index (χ1v) is 6.32. The highest BCUT2D eigenvalue weighted by molar-refractivity contribution is 6.06. The minimum atomic E-state index is -0.991. The summed E-state index contributed by atoms with van der Waals surface area (Å²) in [5.41, 5.74) is -0.242. The fourth-order valence-corrected chi connectivity index (χ4v) is 2.08. The summed E-state index contributed by atoms with van der Waals surface area (Å²) in [6.07, 6.45) is 0.943. The molecule has 1 atom stereocenters. The van der Waals surface area contributed by atoms with Crippen LogP contribution in [0.4, 0.5) is 4.79 Å². The average Bonchev–Trinajstić information content (AvgIpc) is 2.62. The third-order valence-electron chi connectivity index (χ3n) is 3.30. The van der Waals surface area contributed by atoms with Gasteiger partial charge in [0.1, 0.15) is 11.3 Å². The van der Waals surface area contributed by atoms with Gasteiger partial charge in [0.25, 0.3) is 5.91 Å². The number of amides is 3. The number of likely N-dealkylation sites (N-methyl/N-ethyl adjacent to an activating group) is 1. The first kappa shape index (κ1) is 13.4. The number of urea groups is 1. The van der Waals surface area contributed by atoms with Crippen molar-refractivity contribution >= 4 is 11.9 Å². The van der Waals surface area contributed by atoms with Crippen LogP contribution in [0.3, 0.4) is 0 Å². The minimum Gasteiger partial charge on any atom is -0.494 e. The standard InChI is InChI=1S/C14H18N2O3/c1-4-9-19-11-7-5-10(6-8-11)14(2)12(17)16(3)13(18)15-14/h5-8H,4,9H2,1-3H3,(H,15,18)/t14-/m1/s1. The van der Waals surface area contributed by atoms with Crippen LogP contribution in [-0.4, -0.2) is 30.5 Å². The zero-order valence-corrected chi connectivity index (χ0v) is 11.4. The molecule has 1 fully saturated rings. The molecule has 0 aliphatic carbocycles. The van der Waals surface area contributed by atoms with Crippen molar-refractivity contribution in [2.24, 2.45) is 0 Å². The Bertz CT molecular complexity index is 498. The zero-order valence-electron chi connectivity index (χ0n) is 11.4. The molecule has 0 bridgehead atoms. The third kappa shape index (κ3) is 2.28. The van der Waals surface area contributed by atoms with Gasteiger partial charge in [0.15, 0.2) is 0 Å². The number of carbonyl (C=O) groups excluding carboxylic acids is 2. The van der Waals surface area contributed by atoms with Gasteiger partial charge >= 0.3 is 6.03 Å². The number of ether oxygens (including phenoxy) is 1. The van der Waals surface area contributed by atoms with Crippen LogP contribution >= 0.6 is 0 Å². The largest absolute Gasteiger partial charge is 0.494 e. The highest BCUT2D eigenvalue weighted by Crippen LogP contribution is 2.29. The maximum absolute atomic E-state index is 12.1. The molecular formula is C14H18N2O3. The van der Waals surface area contributed by atoms with Crippen molar-refractivity contribution in [3.05, 3.63) is 29.8 Å². The van der Waals surface area contributed by atoms with Crippen molar-refractivity contribution in [3.8, 4) is 5.75 Å². The van der Waals surface area contributed by atoms with Crippen LogP contribution in [0.25, 0.3) is 0 Å². The van der Waals surface area contributed by atoms with Crippen molar-refractivity contribution in [1.82, 2.24) is 10.2 Å². The van der Waals surface area contributed by atoms with Crippen LogP contribution < -0.4 is 10.1 Å². The lowest BCUT2D eigenvalue weighted by molar-refractivity contribution is -0.130. The first-order valence-electron chi connectivity index (χ1n) is 6.32. The van der Waals surface area contributed by atoms with E-state index in [2.05, 4.69) is 5.32 Å². The Morgan fingerprint density at radius 1 is 1.26 bits per heavy atom. The van der Waals surface area contributed by atoms with Crippen molar-refractivity contribution in [2.75, 3.05) is 13.7 Å². The molecule has 1 aromatic rings. The number of imide groups is 1. The summed E-state index contributed by atoms with van der Waals surface area (Å²) in [5.74, 6) is 0.513. The van der Waals surface area contributed by atoms with Gasteiger partial charge in [-0.05, 0) is 31.0 Å². The van der Waals surface area contributed by atoms with Crippen molar-refractivity contribution in [3.63, 3.8) is 0 Å². The molecule has 19 heavy (non-hydrogen) atoms. The summed E-state index contributed by atoms with van der Waals surface area (Å²) in [7, 11) is 1.47. The topological polar surface area (TPSA) is 58.6 Å². The van der Waals surface area contributed by atoms with Crippen molar-refractivity contribution < 1.29 is 14.3 Å². The van der Waals surface area contributed by atoms with Crippen LogP contribution in [0.1, 0.15) is 25.8 Å². The molecule has 5 nitrogen and oxygen atoms in total. The summed E-state index contributed by atoms with van der Waals surface area (Å²) >= 11 is 0. The number of carbonyl (C=O) groups is 2. The molecule has 3 amide bonds. The first-order chi connectivity index (χ1) is 8.99. The Morgan fingerprint density at radius 2 is 1.89 bits per heavy atom. The molecule has 0 unspecified atom stereocenters. The zero-order chi connectivity index (χ0) is 14.0. The molecule has 1 aliphatic rings. The molecule has 1 aromatic carbocycles. The maximum Gasteiger partial charge on any atom is 0.325 e. The monoisotopic (exact) mass is 262 g/mol. The second kappa shape index (κ2) is 4.91. The fraction of sp³-hybridized carbons (Fsp3) is 0.429. The number of nitrogens with one attached hydrogen (secondary N) is 1. The molecule has 0 spiro atoms. The fourth-order valence-electron chi connectivity index (χ4n) is 2.08. The van der Waals surface area contributed by atoms with E-state index in [4.69, 9.17) is 4.74 Å². The molecule has 102 valence electrons. The molecule has 0 aromatic heterocycles. The molecule has 0 saturated carbocycles. The van der Waals surface area contributed by atoms with Gasteiger partial charge in [-0.3, -0.25) is 9.69 Å². The number of hydrogen-bond acceptors (Lipinski definition) is 3. The predicted octanol–water partition coefficient (Wildman–Crippen LogP) is 1.87. The van der Waals surface area contributed by atoms with E-state index >= 15 is 0 Å². The second-order valence-corrected chi connectivity index (χ2v) is 4.79. The average molecular weight is 262 g/mol. The highest BCUT2D eigenvalue weighted by atomic mass is 16.5. The van der Waals surface area contributed by atoms with Crippen LogP contribution in [0.15, 0.2) is 24.3 Å². The number of hydrogen-bond donors (Lipinski definition) is 1. The maximum atomic E-state index is 12.1. The Balaban J connectivity index is 2.22. The smallest absolute Gasteiger partial charge is 0.325 e. The lowest BCUT2D eigenvalue weighted by Gasteiger charge is -2.21. The second-order valence-electron chi connectivity index (χ2n) is 4.79. The molecule has 1 saturated heterocycles. The SMILES string of the molecule is CCCOc1ccc([C@@]2(C)NC(=O)N(C)C2=O)cc1. The van der Waals surface area contributed by atoms with E-state index in [0.29, 0.717) is 6.61 Å². The van der Waals surface area contributed by atoms with Crippen LogP contribution in [0.5, 0.6) is 5.75 Å². The van der Waals surface area contributed by atoms with E-state index in [1.165, 1.54) is 7.05 Å². The normalized spacial score (nSPS) is 22.6. The van der Waals surface area contributed by atoms with Gasteiger partial charge in [-0.15, -0.1) is 0 Å². The summed E-state index contributed by atoms with van der Waals surface area (Å²) in [4.78, 5) is 24.8. The van der Waals surface area contributed by atoms with E-state index in [-0.39, 0.29) is 11.9 Å². The number of rotatable bonds is 4. The van der Waals surface area contributed by atoms with E-state index < -0.39 is 5.54 Å². The van der Waals surface area contributed by atoms with Crippen molar-refractivity contribution in [1.29, 1.82) is 0 Å². The van der Waals surface area contributed by atoms with Gasteiger partial charge in [-0.1, -0.05) is 19.1 Å². The number of nitrogens with zero attached hydrogens (tertiary/aromatic N) is 1. The molecule has 1 heterocycles. The van der Waals surface area contributed by atoms with Gasteiger partial charge in [-0.2, -0.15) is 0 Å². The molecule has 2 rings (SSSR count). The molecule has 1 aliphatic heterocycles. The van der Waals surface area contributed by atoms with E-state index in [1.54, 1.807) is 6.92 Å². The highest BCUT2D eigenvalue weighted by Gasteiger charge is 2.47. The quantitative estimate of drug-likeness (QED) is 0.843. The van der Waals surface area contributed by atoms with E-state index in [9.17, 15) is 9.59 Å². The summed E-state index contributed by atoms with van der Waals surface area (Å²) in [6.45, 7) is 4.41. The predicted molar refractivity (Wildman–Crippen MR) is 70.9 cm³/mol. The van der Waals surface area contributed by atoms with Gasteiger partial charge in [-0.25, -0.2) is 4.79 Å². The number of benzene rings is 1. The Morgan fingerprint density at radius 3 is 2.37 bits per heavy atom. The molecule has 5 heteroatoms. The summed E-state index contributed by atoms with van der Waals surface area (Å²) < 4.78 is 5.49. The Labute approximate surface area is 112 Å². The minimum absolute atomic E-state index is 0.250. The lowest BCUT2D eigenvalue weighted by Crippen LogP contribution is -2.40. The van der Waals surface area contributed by atoms with E-state index in [1.807, 2.05) is 31.2 Å². The molecular weight excluding hydrogens is 244 g/mol. The third-order valence-corrected chi connectivity index (χ3v) is 3.30. The molecule has 0 radical (unpaired) electrons.